The second kappa shape index (κ2) is 10.4. The van der Waals surface area contributed by atoms with Gasteiger partial charge in [-0.25, -0.2) is 4.79 Å². The molecule has 7 heteroatoms. The molecular formula is C20H23NO5S. The van der Waals surface area contributed by atoms with E-state index in [9.17, 15) is 9.59 Å². The topological polar surface area (TPSA) is 73.9 Å². The van der Waals surface area contributed by atoms with E-state index in [0.717, 1.165) is 10.4 Å². The van der Waals surface area contributed by atoms with E-state index in [1.165, 1.54) is 7.11 Å². The summed E-state index contributed by atoms with van der Waals surface area (Å²) in [4.78, 5) is 24.7. The van der Waals surface area contributed by atoms with Crippen LogP contribution in [0.2, 0.25) is 0 Å². The molecule has 1 amide bonds. The first-order chi connectivity index (χ1) is 13.0. The van der Waals surface area contributed by atoms with E-state index >= 15 is 0 Å². The zero-order valence-corrected chi connectivity index (χ0v) is 16.4. The van der Waals surface area contributed by atoms with Gasteiger partial charge in [0.25, 0.3) is 5.91 Å². The number of esters is 1. The molecule has 1 N–H and O–H groups in total. The molecule has 0 spiro atoms. The third kappa shape index (κ3) is 6.45. The summed E-state index contributed by atoms with van der Waals surface area (Å²) in [5.41, 5.74) is 0.959. The number of ether oxygens (including phenoxy) is 3. The molecule has 0 radical (unpaired) electrons. The van der Waals surface area contributed by atoms with Gasteiger partial charge in [0.2, 0.25) is 0 Å². The Morgan fingerprint density at radius 3 is 2.70 bits per heavy atom. The Morgan fingerprint density at radius 2 is 2.04 bits per heavy atom. The van der Waals surface area contributed by atoms with Crippen LogP contribution in [0.4, 0.5) is 0 Å². The Kier molecular flexibility index (Phi) is 7.88. The van der Waals surface area contributed by atoms with Crippen LogP contribution in [0.3, 0.4) is 0 Å². The van der Waals surface area contributed by atoms with Gasteiger partial charge in [-0.15, -0.1) is 11.3 Å². The first-order valence-corrected chi connectivity index (χ1v) is 9.33. The highest BCUT2D eigenvalue weighted by Crippen LogP contribution is 2.28. The fraction of sp³-hybridized carbons (Fsp3) is 0.300. The summed E-state index contributed by atoms with van der Waals surface area (Å²) in [6.07, 6.45) is 3.84. The quantitative estimate of drug-likeness (QED) is 0.664. The number of allylic oxidation sites excluding steroid dienone is 1. The lowest BCUT2D eigenvalue weighted by molar-refractivity contribution is -0.150. The van der Waals surface area contributed by atoms with Crippen LogP contribution >= 0.6 is 11.3 Å². The number of carbonyl (C=O) groups is 2. The zero-order valence-electron chi connectivity index (χ0n) is 15.6. The van der Waals surface area contributed by atoms with Crippen LogP contribution in [0.5, 0.6) is 11.5 Å². The fourth-order valence-corrected chi connectivity index (χ4v) is 3.05. The summed E-state index contributed by atoms with van der Waals surface area (Å²) in [5, 5.41) is 4.71. The van der Waals surface area contributed by atoms with Crippen molar-refractivity contribution in [2.75, 3.05) is 20.3 Å². The molecule has 0 saturated heterocycles. The number of hydrogen-bond acceptors (Lipinski definition) is 6. The number of thiophene rings is 1. The van der Waals surface area contributed by atoms with Gasteiger partial charge in [0, 0.05) is 4.88 Å². The van der Waals surface area contributed by atoms with Gasteiger partial charge in [0.15, 0.2) is 24.7 Å². The molecule has 0 aliphatic carbocycles. The molecule has 0 aliphatic rings. The van der Waals surface area contributed by atoms with Crippen molar-refractivity contribution in [3.05, 3.63) is 52.2 Å². The van der Waals surface area contributed by atoms with Gasteiger partial charge in [-0.05, 0) is 43.0 Å². The van der Waals surface area contributed by atoms with Gasteiger partial charge in [0.1, 0.15) is 0 Å². The SMILES string of the molecule is C/C=C/c1ccc(OCC(=O)OCC(=O)N[C@@H](C)c2cccs2)c(OC)c1. The van der Waals surface area contributed by atoms with E-state index in [1.807, 2.05) is 49.6 Å². The fourth-order valence-electron chi connectivity index (χ4n) is 2.32. The maximum Gasteiger partial charge on any atom is 0.344 e. The van der Waals surface area contributed by atoms with Gasteiger partial charge in [-0.2, -0.15) is 0 Å². The molecule has 2 aromatic rings. The molecule has 1 aromatic carbocycles. The third-order valence-corrected chi connectivity index (χ3v) is 4.66. The standard InChI is InChI=1S/C20H23NO5S/c1-4-6-15-8-9-16(17(11-15)24-3)25-13-20(23)26-12-19(22)21-14(2)18-7-5-10-27-18/h4-11,14H,12-13H2,1-3H3,(H,21,22)/b6-4+/t14-/m0/s1. The van der Waals surface area contributed by atoms with Crippen LogP contribution in [-0.4, -0.2) is 32.2 Å². The Labute approximate surface area is 162 Å². The molecule has 0 aliphatic heterocycles. The maximum absolute atomic E-state index is 11.9. The molecule has 0 saturated carbocycles. The molecule has 6 nitrogen and oxygen atoms in total. The molecule has 0 unspecified atom stereocenters. The molecule has 1 atom stereocenters. The lowest BCUT2D eigenvalue weighted by atomic mass is 10.2. The monoisotopic (exact) mass is 389 g/mol. The maximum atomic E-state index is 11.9. The van der Waals surface area contributed by atoms with Crippen molar-refractivity contribution in [3.63, 3.8) is 0 Å². The van der Waals surface area contributed by atoms with Gasteiger partial charge < -0.3 is 19.5 Å². The van der Waals surface area contributed by atoms with Gasteiger partial charge in [-0.3, -0.25) is 4.79 Å². The van der Waals surface area contributed by atoms with Crippen LogP contribution in [0.15, 0.2) is 41.8 Å². The van der Waals surface area contributed by atoms with Crippen molar-refractivity contribution in [2.45, 2.75) is 19.9 Å². The van der Waals surface area contributed by atoms with Gasteiger partial charge >= 0.3 is 5.97 Å². The molecule has 0 fully saturated rings. The summed E-state index contributed by atoms with van der Waals surface area (Å²) >= 11 is 1.55. The number of hydrogen-bond donors (Lipinski definition) is 1. The lowest BCUT2D eigenvalue weighted by Gasteiger charge is -2.13. The second-order valence-corrected chi connectivity index (χ2v) is 6.64. The number of benzene rings is 1. The summed E-state index contributed by atoms with van der Waals surface area (Å²) in [7, 11) is 1.53. The Morgan fingerprint density at radius 1 is 1.22 bits per heavy atom. The van der Waals surface area contributed by atoms with Crippen molar-refractivity contribution in [3.8, 4) is 11.5 Å². The lowest BCUT2D eigenvalue weighted by Crippen LogP contribution is -2.31. The van der Waals surface area contributed by atoms with Gasteiger partial charge in [-0.1, -0.05) is 24.3 Å². The molecule has 1 heterocycles. The number of methoxy groups -OCH3 is 1. The van der Waals surface area contributed by atoms with Crippen LogP contribution in [0.1, 0.15) is 30.3 Å². The highest BCUT2D eigenvalue weighted by molar-refractivity contribution is 7.10. The molecule has 144 valence electrons. The average molecular weight is 389 g/mol. The van der Waals surface area contributed by atoms with Crippen molar-refractivity contribution >= 4 is 29.3 Å². The Balaban J connectivity index is 1.78. The molecule has 0 bridgehead atoms. The number of amides is 1. The first kappa shape index (κ1) is 20.5. The zero-order chi connectivity index (χ0) is 19.6. The van der Waals surface area contributed by atoms with Crippen LogP contribution in [0, 0.1) is 0 Å². The highest BCUT2D eigenvalue weighted by atomic mass is 32.1. The Hall–Kier alpha value is -2.80. The summed E-state index contributed by atoms with van der Waals surface area (Å²) in [5.74, 6) is -0.0505. The third-order valence-electron chi connectivity index (χ3n) is 3.60. The van der Waals surface area contributed by atoms with Crippen LogP contribution < -0.4 is 14.8 Å². The van der Waals surface area contributed by atoms with Crippen molar-refractivity contribution in [1.82, 2.24) is 5.32 Å². The van der Waals surface area contributed by atoms with Crippen LogP contribution in [-0.2, 0) is 14.3 Å². The number of nitrogens with one attached hydrogen (secondary N) is 1. The normalized spacial score (nSPS) is 11.8. The van der Waals surface area contributed by atoms with Crippen LogP contribution in [0.25, 0.3) is 6.08 Å². The van der Waals surface area contributed by atoms with E-state index in [0.29, 0.717) is 11.5 Å². The Bertz CT molecular complexity index is 786. The van der Waals surface area contributed by atoms with Crippen molar-refractivity contribution in [2.24, 2.45) is 0 Å². The minimum Gasteiger partial charge on any atom is -0.493 e. The molecule has 2 rings (SSSR count). The van der Waals surface area contributed by atoms with Crippen molar-refractivity contribution in [1.29, 1.82) is 0 Å². The minimum atomic E-state index is -0.631. The molecule has 27 heavy (non-hydrogen) atoms. The minimum absolute atomic E-state index is 0.132. The highest BCUT2D eigenvalue weighted by Gasteiger charge is 2.14. The van der Waals surface area contributed by atoms with Crippen molar-refractivity contribution < 1.29 is 23.8 Å². The molecule has 1 aromatic heterocycles. The largest absolute Gasteiger partial charge is 0.493 e. The second-order valence-electron chi connectivity index (χ2n) is 5.66. The first-order valence-electron chi connectivity index (χ1n) is 8.45. The summed E-state index contributed by atoms with van der Waals surface area (Å²) in [6, 6.07) is 9.09. The number of rotatable bonds is 9. The predicted octanol–water partition coefficient (Wildman–Crippen LogP) is 3.59. The van der Waals surface area contributed by atoms with E-state index in [2.05, 4.69) is 5.32 Å². The van der Waals surface area contributed by atoms with E-state index < -0.39 is 5.97 Å². The summed E-state index contributed by atoms with van der Waals surface area (Å²) < 4.78 is 15.7. The van der Waals surface area contributed by atoms with Gasteiger partial charge in [0.05, 0.1) is 13.2 Å². The smallest absolute Gasteiger partial charge is 0.344 e. The summed E-state index contributed by atoms with van der Waals surface area (Å²) in [6.45, 7) is 3.13. The number of carbonyl (C=O) groups excluding carboxylic acids is 2. The van der Waals surface area contributed by atoms with E-state index in [1.54, 1.807) is 23.5 Å². The average Bonchev–Trinajstić information content (AvgIpc) is 3.20. The predicted molar refractivity (Wildman–Crippen MR) is 105 cm³/mol. The van der Waals surface area contributed by atoms with E-state index in [-0.39, 0.29) is 25.2 Å². The molecular weight excluding hydrogens is 366 g/mol. The van der Waals surface area contributed by atoms with E-state index in [4.69, 9.17) is 14.2 Å².